The zero-order chi connectivity index (χ0) is 13.5. The molecule has 1 aromatic heterocycles. The standard InChI is InChI=1S/C9H9Cl2N3O3S/c1-5-2-7(13-9(10)12-5)14-4-6(3-8(14)15)18(11,16)17/h2,6H,3-4H2,1H3. The van der Waals surface area contributed by atoms with E-state index in [1.165, 1.54) is 4.90 Å². The van der Waals surface area contributed by atoms with Crippen molar-refractivity contribution in [2.24, 2.45) is 0 Å². The Hall–Kier alpha value is -0.920. The second kappa shape index (κ2) is 4.64. The van der Waals surface area contributed by atoms with E-state index in [-0.39, 0.29) is 24.2 Å². The first-order valence-electron chi connectivity index (χ1n) is 5.02. The van der Waals surface area contributed by atoms with E-state index >= 15 is 0 Å². The van der Waals surface area contributed by atoms with E-state index < -0.39 is 14.3 Å². The molecule has 98 valence electrons. The van der Waals surface area contributed by atoms with Gasteiger partial charge in [0.15, 0.2) is 0 Å². The van der Waals surface area contributed by atoms with Crippen LogP contribution in [0.3, 0.4) is 0 Å². The Morgan fingerprint density at radius 2 is 2.11 bits per heavy atom. The largest absolute Gasteiger partial charge is 0.295 e. The molecule has 0 radical (unpaired) electrons. The van der Waals surface area contributed by atoms with E-state index in [2.05, 4.69) is 9.97 Å². The molecule has 1 unspecified atom stereocenters. The molecule has 2 rings (SSSR count). The van der Waals surface area contributed by atoms with Crippen molar-refractivity contribution >= 4 is 43.1 Å². The normalized spacial score (nSPS) is 20.5. The molecule has 0 bridgehead atoms. The Bertz CT molecular complexity index is 585. The van der Waals surface area contributed by atoms with Gasteiger partial charge < -0.3 is 0 Å². The van der Waals surface area contributed by atoms with Gasteiger partial charge in [0.05, 0.1) is 0 Å². The summed E-state index contributed by atoms with van der Waals surface area (Å²) in [6.07, 6.45) is -0.146. The lowest BCUT2D eigenvalue weighted by Gasteiger charge is -2.15. The molecule has 1 aliphatic heterocycles. The lowest BCUT2D eigenvalue weighted by Crippen LogP contribution is -2.27. The van der Waals surface area contributed by atoms with E-state index in [4.69, 9.17) is 22.3 Å². The van der Waals surface area contributed by atoms with Gasteiger partial charge in [-0.05, 0) is 18.5 Å². The summed E-state index contributed by atoms with van der Waals surface area (Å²) in [6, 6.07) is 1.56. The minimum absolute atomic E-state index is 0.00924. The topological polar surface area (TPSA) is 80.2 Å². The number of aromatic nitrogens is 2. The van der Waals surface area contributed by atoms with E-state index in [9.17, 15) is 13.2 Å². The minimum Gasteiger partial charge on any atom is -0.295 e. The molecule has 18 heavy (non-hydrogen) atoms. The van der Waals surface area contributed by atoms with Gasteiger partial charge in [0.25, 0.3) is 0 Å². The van der Waals surface area contributed by atoms with Crippen LogP contribution in [-0.4, -0.2) is 36.1 Å². The summed E-state index contributed by atoms with van der Waals surface area (Å²) in [7, 11) is 1.49. The Balaban J connectivity index is 2.32. The molecule has 9 heteroatoms. The third-order valence-electron chi connectivity index (χ3n) is 2.58. The van der Waals surface area contributed by atoms with E-state index in [0.717, 1.165) is 0 Å². The van der Waals surface area contributed by atoms with E-state index in [1.807, 2.05) is 0 Å². The molecular formula is C9H9Cl2N3O3S. The van der Waals surface area contributed by atoms with Crippen LogP contribution >= 0.6 is 22.3 Å². The van der Waals surface area contributed by atoms with Crippen LogP contribution < -0.4 is 4.90 Å². The maximum absolute atomic E-state index is 11.8. The van der Waals surface area contributed by atoms with Crippen molar-refractivity contribution in [1.29, 1.82) is 0 Å². The van der Waals surface area contributed by atoms with Crippen molar-refractivity contribution in [3.8, 4) is 0 Å². The van der Waals surface area contributed by atoms with Crippen molar-refractivity contribution in [3.05, 3.63) is 17.0 Å². The summed E-state index contributed by atoms with van der Waals surface area (Å²) in [5, 5.41) is -0.907. The van der Waals surface area contributed by atoms with Crippen LogP contribution in [0, 0.1) is 6.92 Å². The number of amides is 1. The van der Waals surface area contributed by atoms with Crippen molar-refractivity contribution in [2.75, 3.05) is 11.4 Å². The molecule has 1 atom stereocenters. The average molecular weight is 310 g/mol. The van der Waals surface area contributed by atoms with Crippen LogP contribution in [0.5, 0.6) is 0 Å². The molecule has 0 spiro atoms. The number of halogens is 2. The molecule has 1 aliphatic rings. The van der Waals surface area contributed by atoms with Gasteiger partial charge in [0.1, 0.15) is 11.1 Å². The fraction of sp³-hybridized carbons (Fsp3) is 0.444. The first-order valence-corrected chi connectivity index (χ1v) is 7.77. The van der Waals surface area contributed by atoms with Crippen molar-refractivity contribution in [3.63, 3.8) is 0 Å². The average Bonchev–Trinajstić information content (AvgIpc) is 2.58. The van der Waals surface area contributed by atoms with Crippen molar-refractivity contribution in [2.45, 2.75) is 18.6 Å². The van der Waals surface area contributed by atoms with Crippen LogP contribution in [0.1, 0.15) is 12.1 Å². The summed E-state index contributed by atoms with van der Waals surface area (Å²) < 4.78 is 22.4. The fourth-order valence-corrected chi connectivity index (χ4v) is 2.99. The van der Waals surface area contributed by atoms with Crippen molar-refractivity contribution < 1.29 is 13.2 Å². The Labute approximate surface area is 113 Å². The molecule has 1 amide bonds. The number of hydrogen-bond acceptors (Lipinski definition) is 5. The summed E-state index contributed by atoms with van der Waals surface area (Å²) in [4.78, 5) is 20.8. The molecule has 6 nitrogen and oxygen atoms in total. The fourth-order valence-electron chi connectivity index (χ4n) is 1.74. The maximum Gasteiger partial charge on any atom is 0.237 e. The van der Waals surface area contributed by atoms with Gasteiger partial charge in [-0.2, -0.15) is 0 Å². The number of nitrogens with zero attached hydrogens (tertiary/aromatic N) is 3. The van der Waals surface area contributed by atoms with Crippen LogP contribution in [0.15, 0.2) is 6.07 Å². The quantitative estimate of drug-likeness (QED) is 0.604. The highest BCUT2D eigenvalue weighted by Crippen LogP contribution is 2.26. The zero-order valence-corrected chi connectivity index (χ0v) is 11.6. The maximum atomic E-state index is 11.8. The highest BCUT2D eigenvalue weighted by Gasteiger charge is 2.38. The first-order chi connectivity index (χ1) is 8.27. The molecule has 1 fully saturated rings. The lowest BCUT2D eigenvalue weighted by atomic mass is 10.4. The van der Waals surface area contributed by atoms with Gasteiger partial charge in [0, 0.05) is 35.4 Å². The SMILES string of the molecule is Cc1cc(N2CC(S(=O)(=O)Cl)CC2=O)nc(Cl)n1. The smallest absolute Gasteiger partial charge is 0.237 e. The lowest BCUT2D eigenvalue weighted by molar-refractivity contribution is -0.117. The summed E-state index contributed by atoms with van der Waals surface area (Å²) >= 11 is 5.70. The third-order valence-corrected chi connectivity index (χ3v) is 4.61. The summed E-state index contributed by atoms with van der Waals surface area (Å²) in [6.45, 7) is 1.69. The van der Waals surface area contributed by atoms with E-state index in [1.54, 1.807) is 13.0 Å². The van der Waals surface area contributed by atoms with Crippen LogP contribution in [0.25, 0.3) is 0 Å². The number of anilines is 1. The summed E-state index contributed by atoms with van der Waals surface area (Å²) in [5.41, 5.74) is 0.593. The van der Waals surface area contributed by atoms with E-state index in [0.29, 0.717) is 11.5 Å². The molecule has 0 aliphatic carbocycles. The molecule has 2 heterocycles. The number of carbonyl (C=O) groups excluding carboxylic acids is 1. The second-order valence-electron chi connectivity index (χ2n) is 3.94. The van der Waals surface area contributed by atoms with Gasteiger partial charge in [-0.3, -0.25) is 9.69 Å². The predicted octanol–water partition coefficient (Wildman–Crippen LogP) is 1.11. The Morgan fingerprint density at radius 3 is 2.61 bits per heavy atom. The van der Waals surface area contributed by atoms with Crippen LogP contribution in [-0.2, 0) is 13.8 Å². The minimum atomic E-state index is -3.76. The molecule has 0 N–H and O–H groups in total. The number of hydrogen-bond donors (Lipinski definition) is 0. The van der Waals surface area contributed by atoms with Gasteiger partial charge in [-0.1, -0.05) is 0 Å². The Morgan fingerprint density at radius 1 is 1.44 bits per heavy atom. The molecule has 1 aromatic rings. The highest BCUT2D eigenvalue weighted by molar-refractivity contribution is 8.14. The van der Waals surface area contributed by atoms with Gasteiger partial charge in [-0.15, -0.1) is 0 Å². The number of carbonyl (C=O) groups is 1. The monoisotopic (exact) mass is 309 g/mol. The second-order valence-corrected chi connectivity index (χ2v) is 7.19. The molecule has 1 saturated heterocycles. The first kappa shape index (κ1) is 13.5. The van der Waals surface area contributed by atoms with Gasteiger partial charge >= 0.3 is 0 Å². The molecule has 0 saturated carbocycles. The number of aryl methyl sites for hydroxylation is 1. The molecule has 0 aromatic carbocycles. The van der Waals surface area contributed by atoms with Crippen LogP contribution in [0.4, 0.5) is 5.82 Å². The third kappa shape index (κ3) is 2.73. The zero-order valence-electron chi connectivity index (χ0n) is 9.30. The van der Waals surface area contributed by atoms with Gasteiger partial charge in [-0.25, -0.2) is 18.4 Å². The van der Waals surface area contributed by atoms with Crippen LogP contribution in [0.2, 0.25) is 5.28 Å². The molecular weight excluding hydrogens is 301 g/mol. The highest BCUT2D eigenvalue weighted by atomic mass is 35.7. The number of rotatable bonds is 2. The Kier molecular flexibility index (Phi) is 3.48. The summed E-state index contributed by atoms with van der Waals surface area (Å²) in [5.74, 6) is -0.0568. The van der Waals surface area contributed by atoms with Crippen molar-refractivity contribution in [1.82, 2.24) is 9.97 Å². The predicted molar refractivity (Wildman–Crippen MR) is 67.3 cm³/mol. The van der Waals surface area contributed by atoms with Gasteiger partial charge in [0.2, 0.25) is 20.2 Å².